The molecule has 0 saturated carbocycles. The first-order valence-electron chi connectivity index (χ1n) is 5.09. The lowest BCUT2D eigenvalue weighted by molar-refractivity contribution is 1.08. The molecule has 3 heteroatoms. The van der Waals surface area contributed by atoms with Crippen molar-refractivity contribution in [3.8, 4) is 0 Å². The minimum atomic E-state index is -0.000767. The molecule has 0 spiro atoms. The summed E-state index contributed by atoms with van der Waals surface area (Å²) in [6.45, 7) is 1.98. The number of hydrogen-bond donors (Lipinski definition) is 1. The predicted molar refractivity (Wildman–Crippen MR) is 63.4 cm³/mol. The maximum absolute atomic E-state index is 11.6. The molecule has 2 rings (SSSR count). The van der Waals surface area contributed by atoms with Gasteiger partial charge in [-0.15, -0.1) is 0 Å². The molecular formula is C12H12BNO. The summed E-state index contributed by atoms with van der Waals surface area (Å²) < 4.78 is 0. The SMILES string of the molecule is [B]Cc1ccc2cc(CC)c(=O)[nH]c2c1. The van der Waals surface area contributed by atoms with Crippen molar-refractivity contribution in [2.24, 2.45) is 0 Å². The molecule has 1 aromatic heterocycles. The van der Waals surface area contributed by atoms with Gasteiger partial charge in [0, 0.05) is 11.1 Å². The normalized spacial score (nSPS) is 10.7. The monoisotopic (exact) mass is 197 g/mol. The lowest BCUT2D eigenvalue weighted by atomic mass is 9.96. The Morgan fingerprint density at radius 1 is 1.33 bits per heavy atom. The number of nitrogens with one attached hydrogen (secondary N) is 1. The van der Waals surface area contributed by atoms with Crippen LogP contribution in [0, 0.1) is 0 Å². The van der Waals surface area contributed by atoms with Gasteiger partial charge in [-0.25, -0.2) is 0 Å². The largest absolute Gasteiger partial charge is 0.322 e. The maximum Gasteiger partial charge on any atom is 0.251 e. The number of aryl methyl sites for hydroxylation is 1. The summed E-state index contributed by atoms with van der Waals surface area (Å²) in [7, 11) is 5.54. The molecule has 0 bridgehead atoms. The van der Waals surface area contributed by atoms with E-state index in [9.17, 15) is 4.79 Å². The maximum atomic E-state index is 11.6. The molecule has 15 heavy (non-hydrogen) atoms. The van der Waals surface area contributed by atoms with Gasteiger partial charge in [-0.05, 0) is 23.9 Å². The number of aromatic amines is 1. The second-order valence-electron chi connectivity index (χ2n) is 3.60. The number of pyridine rings is 1. The van der Waals surface area contributed by atoms with Gasteiger partial charge in [-0.1, -0.05) is 30.9 Å². The summed E-state index contributed by atoms with van der Waals surface area (Å²) in [5, 5.41) is 1.06. The van der Waals surface area contributed by atoms with E-state index in [1.807, 2.05) is 31.2 Å². The number of hydrogen-bond acceptors (Lipinski definition) is 1. The van der Waals surface area contributed by atoms with Crippen LogP contribution in [-0.2, 0) is 12.7 Å². The Balaban J connectivity index is 2.70. The molecule has 0 aliphatic heterocycles. The van der Waals surface area contributed by atoms with Crippen molar-refractivity contribution in [1.29, 1.82) is 0 Å². The number of rotatable bonds is 2. The smallest absolute Gasteiger partial charge is 0.251 e. The number of fused-ring (bicyclic) bond motifs is 1. The van der Waals surface area contributed by atoms with Gasteiger partial charge in [0.2, 0.25) is 0 Å². The van der Waals surface area contributed by atoms with Crippen LogP contribution < -0.4 is 5.56 Å². The van der Waals surface area contributed by atoms with Crippen LogP contribution >= 0.6 is 0 Å². The van der Waals surface area contributed by atoms with Crippen LogP contribution in [0.25, 0.3) is 10.9 Å². The highest BCUT2D eigenvalue weighted by Gasteiger charge is 2.01. The van der Waals surface area contributed by atoms with Gasteiger partial charge >= 0.3 is 0 Å². The van der Waals surface area contributed by atoms with Crippen LogP contribution in [0.4, 0.5) is 0 Å². The Hall–Kier alpha value is -1.51. The van der Waals surface area contributed by atoms with E-state index in [-0.39, 0.29) is 5.56 Å². The minimum absolute atomic E-state index is 0.000767. The molecule has 0 atom stereocenters. The van der Waals surface area contributed by atoms with Crippen molar-refractivity contribution in [3.63, 3.8) is 0 Å². The lowest BCUT2D eigenvalue weighted by Gasteiger charge is -2.03. The van der Waals surface area contributed by atoms with Gasteiger partial charge in [-0.3, -0.25) is 4.79 Å². The van der Waals surface area contributed by atoms with Crippen molar-refractivity contribution in [3.05, 3.63) is 45.7 Å². The van der Waals surface area contributed by atoms with E-state index in [1.54, 1.807) is 0 Å². The fraction of sp³-hybridized carbons (Fsp3) is 0.250. The highest BCUT2D eigenvalue weighted by atomic mass is 16.1. The van der Waals surface area contributed by atoms with Crippen molar-refractivity contribution < 1.29 is 0 Å². The zero-order valence-electron chi connectivity index (χ0n) is 8.71. The summed E-state index contributed by atoms with van der Waals surface area (Å²) in [5.74, 6) is 0. The molecule has 0 amide bonds. The van der Waals surface area contributed by atoms with Gasteiger partial charge in [0.1, 0.15) is 0 Å². The third-order valence-corrected chi connectivity index (χ3v) is 2.60. The predicted octanol–water partition coefficient (Wildman–Crippen LogP) is 1.76. The van der Waals surface area contributed by atoms with Crippen LogP contribution in [-0.4, -0.2) is 12.8 Å². The summed E-state index contributed by atoms with van der Waals surface area (Å²) >= 11 is 0. The van der Waals surface area contributed by atoms with Crippen LogP contribution in [0.5, 0.6) is 0 Å². The van der Waals surface area contributed by atoms with Crippen LogP contribution in [0.3, 0.4) is 0 Å². The molecule has 1 aromatic carbocycles. The summed E-state index contributed by atoms with van der Waals surface area (Å²) in [4.78, 5) is 14.4. The first-order valence-corrected chi connectivity index (χ1v) is 5.09. The third-order valence-electron chi connectivity index (χ3n) is 2.60. The highest BCUT2D eigenvalue weighted by Crippen LogP contribution is 2.13. The molecule has 0 unspecified atom stereocenters. The Kier molecular flexibility index (Phi) is 2.63. The Bertz CT molecular complexity index is 545. The van der Waals surface area contributed by atoms with Crippen molar-refractivity contribution in [2.45, 2.75) is 19.7 Å². The Morgan fingerprint density at radius 3 is 2.80 bits per heavy atom. The Labute approximate surface area is 89.7 Å². The Morgan fingerprint density at radius 2 is 2.13 bits per heavy atom. The fourth-order valence-electron chi connectivity index (χ4n) is 1.68. The van der Waals surface area contributed by atoms with E-state index >= 15 is 0 Å². The standard InChI is InChI=1S/C12H12BNO/c1-2-9-6-10-4-3-8(7-13)5-11(10)14-12(9)15/h3-6H,2,7H2,1H3,(H,14,15). The van der Waals surface area contributed by atoms with E-state index in [0.717, 1.165) is 28.5 Å². The molecule has 1 heterocycles. The zero-order chi connectivity index (χ0) is 10.8. The fourth-order valence-corrected chi connectivity index (χ4v) is 1.68. The number of aromatic nitrogens is 1. The van der Waals surface area contributed by atoms with Gasteiger partial charge in [-0.2, -0.15) is 0 Å². The van der Waals surface area contributed by atoms with E-state index in [2.05, 4.69) is 4.98 Å². The molecule has 0 fully saturated rings. The highest BCUT2D eigenvalue weighted by molar-refractivity contribution is 6.08. The van der Waals surface area contributed by atoms with E-state index in [4.69, 9.17) is 7.85 Å². The molecule has 0 saturated heterocycles. The van der Waals surface area contributed by atoms with Crippen LogP contribution in [0.2, 0.25) is 0 Å². The van der Waals surface area contributed by atoms with Crippen molar-refractivity contribution >= 4 is 18.7 Å². The molecule has 2 nitrogen and oxygen atoms in total. The summed E-state index contributed by atoms with van der Waals surface area (Å²) in [5.41, 5.74) is 2.71. The van der Waals surface area contributed by atoms with Gasteiger partial charge in [0.05, 0.1) is 7.85 Å². The lowest BCUT2D eigenvalue weighted by Crippen LogP contribution is -2.11. The summed E-state index contributed by atoms with van der Waals surface area (Å²) in [6.07, 6.45) is 1.25. The van der Waals surface area contributed by atoms with Crippen LogP contribution in [0.15, 0.2) is 29.1 Å². The minimum Gasteiger partial charge on any atom is -0.322 e. The van der Waals surface area contributed by atoms with E-state index in [0.29, 0.717) is 6.32 Å². The second-order valence-corrected chi connectivity index (χ2v) is 3.60. The zero-order valence-corrected chi connectivity index (χ0v) is 8.71. The topological polar surface area (TPSA) is 32.9 Å². The van der Waals surface area contributed by atoms with Gasteiger partial charge < -0.3 is 4.98 Å². The quantitative estimate of drug-likeness (QED) is 0.731. The van der Waals surface area contributed by atoms with Gasteiger partial charge in [0.15, 0.2) is 0 Å². The van der Waals surface area contributed by atoms with E-state index < -0.39 is 0 Å². The second kappa shape index (κ2) is 3.93. The van der Waals surface area contributed by atoms with E-state index in [1.165, 1.54) is 0 Å². The van der Waals surface area contributed by atoms with Gasteiger partial charge in [0.25, 0.3) is 5.56 Å². The third kappa shape index (κ3) is 1.82. The number of H-pyrrole nitrogens is 1. The molecule has 0 aliphatic carbocycles. The molecule has 74 valence electrons. The number of benzene rings is 1. The molecule has 1 N–H and O–H groups in total. The average molecular weight is 197 g/mol. The molecular weight excluding hydrogens is 185 g/mol. The van der Waals surface area contributed by atoms with Crippen molar-refractivity contribution in [2.75, 3.05) is 0 Å². The molecule has 2 radical (unpaired) electrons. The van der Waals surface area contributed by atoms with Crippen molar-refractivity contribution in [1.82, 2.24) is 4.98 Å². The summed E-state index contributed by atoms with van der Waals surface area (Å²) in [6, 6.07) is 7.84. The molecule has 2 aromatic rings. The van der Waals surface area contributed by atoms with Crippen LogP contribution in [0.1, 0.15) is 18.1 Å². The first-order chi connectivity index (χ1) is 7.24. The molecule has 0 aliphatic rings. The first kappa shape index (κ1) is 10.0. The average Bonchev–Trinajstić information content (AvgIpc) is 2.27.